The first-order valence-corrected chi connectivity index (χ1v) is 10.0. The summed E-state index contributed by atoms with van der Waals surface area (Å²) in [4.78, 5) is 12.7. The van der Waals surface area contributed by atoms with Gasteiger partial charge in [-0.3, -0.25) is 10.1 Å². The van der Waals surface area contributed by atoms with Gasteiger partial charge in [-0.15, -0.1) is 10.2 Å². The van der Waals surface area contributed by atoms with Gasteiger partial charge in [-0.05, 0) is 11.6 Å². The van der Waals surface area contributed by atoms with E-state index >= 15 is 0 Å². The zero-order chi connectivity index (χ0) is 17.8. The third kappa shape index (κ3) is 3.63. The molecule has 0 aliphatic rings. The van der Waals surface area contributed by atoms with E-state index in [0.29, 0.717) is 22.2 Å². The van der Waals surface area contributed by atoms with Crippen molar-refractivity contribution in [2.75, 3.05) is 5.32 Å². The summed E-state index contributed by atoms with van der Waals surface area (Å²) >= 11 is 3.03. The van der Waals surface area contributed by atoms with E-state index in [1.54, 1.807) is 17.3 Å². The number of nitrogens with zero attached hydrogens (tertiary/aromatic N) is 2. The molecule has 0 fully saturated rings. The smallest absolute Gasteiger partial charge is 0.293 e. The van der Waals surface area contributed by atoms with Gasteiger partial charge in [0, 0.05) is 22.5 Å². The number of amides is 1. The van der Waals surface area contributed by atoms with Crippen LogP contribution >= 0.6 is 23.1 Å². The van der Waals surface area contributed by atoms with E-state index in [-0.39, 0.29) is 5.91 Å². The van der Waals surface area contributed by atoms with Gasteiger partial charge in [0.2, 0.25) is 5.13 Å². The van der Waals surface area contributed by atoms with Gasteiger partial charge >= 0.3 is 0 Å². The molecule has 0 saturated carbocycles. The number of hydrogen-bond donors (Lipinski definition) is 1. The number of rotatable bonds is 6. The molecule has 0 unspecified atom stereocenters. The maximum absolute atomic E-state index is 12.7. The molecule has 0 saturated heterocycles. The maximum atomic E-state index is 12.7. The van der Waals surface area contributed by atoms with Crippen molar-refractivity contribution >= 4 is 45.1 Å². The highest BCUT2D eigenvalue weighted by Gasteiger charge is 2.21. The van der Waals surface area contributed by atoms with Crippen LogP contribution in [0.25, 0.3) is 11.0 Å². The van der Waals surface area contributed by atoms with Crippen molar-refractivity contribution in [3.63, 3.8) is 0 Å². The lowest BCUT2D eigenvalue weighted by Crippen LogP contribution is -2.12. The highest BCUT2D eigenvalue weighted by atomic mass is 32.2. The average molecular weight is 381 g/mol. The van der Waals surface area contributed by atoms with Crippen molar-refractivity contribution < 1.29 is 9.21 Å². The molecule has 2 aromatic carbocycles. The van der Waals surface area contributed by atoms with Crippen LogP contribution in [0, 0.1) is 0 Å². The van der Waals surface area contributed by atoms with E-state index in [2.05, 4.69) is 27.6 Å². The van der Waals surface area contributed by atoms with E-state index < -0.39 is 0 Å². The Morgan fingerprint density at radius 1 is 1.08 bits per heavy atom. The lowest BCUT2D eigenvalue weighted by Gasteiger charge is -2.04. The second kappa shape index (κ2) is 7.72. The Morgan fingerprint density at radius 3 is 2.69 bits per heavy atom. The molecular formula is C19H15N3O2S2. The summed E-state index contributed by atoms with van der Waals surface area (Å²) in [5.41, 5.74) is 4.45. The first kappa shape index (κ1) is 16.8. The quantitative estimate of drug-likeness (QED) is 0.511. The number of fused-ring (bicyclic) bond motifs is 1. The van der Waals surface area contributed by atoms with Crippen molar-refractivity contribution in [1.82, 2.24) is 10.2 Å². The van der Waals surface area contributed by atoms with Crippen LogP contribution in [-0.4, -0.2) is 16.1 Å². The molecular weight excluding hydrogens is 366 g/mol. The second-order valence-electron chi connectivity index (χ2n) is 5.58. The molecule has 0 aliphatic heterocycles. The van der Waals surface area contributed by atoms with Crippen LogP contribution < -0.4 is 5.32 Å². The van der Waals surface area contributed by atoms with Gasteiger partial charge in [0.05, 0.1) is 0 Å². The minimum Gasteiger partial charge on any atom is -0.451 e. The minimum atomic E-state index is -0.298. The highest BCUT2D eigenvalue weighted by Crippen LogP contribution is 2.31. The summed E-state index contributed by atoms with van der Waals surface area (Å²) in [7, 11) is 0. The molecule has 4 rings (SSSR count). The lowest BCUT2D eigenvalue weighted by molar-refractivity contribution is 0.0997. The average Bonchev–Trinajstić information content (AvgIpc) is 3.31. The standard InChI is InChI=1S/C19H15N3O2S2/c23-18(21-19-22-20-12-26-19)17-15(14-8-4-5-9-16(14)24-17)11-25-10-13-6-2-1-3-7-13/h1-9,12H,10-11H2,(H,21,22,23). The van der Waals surface area contributed by atoms with E-state index in [4.69, 9.17) is 4.42 Å². The van der Waals surface area contributed by atoms with Crippen LogP contribution in [0.3, 0.4) is 0 Å². The van der Waals surface area contributed by atoms with Crippen LogP contribution in [0.4, 0.5) is 5.13 Å². The molecule has 0 bridgehead atoms. The van der Waals surface area contributed by atoms with Crippen LogP contribution in [-0.2, 0) is 11.5 Å². The van der Waals surface area contributed by atoms with E-state index in [0.717, 1.165) is 16.7 Å². The predicted octanol–water partition coefficient (Wildman–Crippen LogP) is 4.97. The Labute approximate surface area is 158 Å². The minimum absolute atomic E-state index is 0.298. The van der Waals surface area contributed by atoms with Gasteiger partial charge in [-0.25, -0.2) is 0 Å². The van der Waals surface area contributed by atoms with Crippen LogP contribution in [0.15, 0.2) is 64.5 Å². The van der Waals surface area contributed by atoms with Crippen LogP contribution in [0.5, 0.6) is 0 Å². The summed E-state index contributed by atoms with van der Waals surface area (Å²) in [6, 6.07) is 18.0. The van der Waals surface area contributed by atoms with Crippen molar-refractivity contribution in [3.05, 3.63) is 77.0 Å². The maximum Gasteiger partial charge on any atom is 0.293 e. The topological polar surface area (TPSA) is 68.0 Å². The number of nitrogens with one attached hydrogen (secondary N) is 1. The molecule has 7 heteroatoms. The summed E-state index contributed by atoms with van der Waals surface area (Å²) in [5.74, 6) is 1.60. The van der Waals surface area contributed by atoms with E-state index in [1.165, 1.54) is 16.9 Å². The lowest BCUT2D eigenvalue weighted by atomic mass is 10.1. The molecule has 1 N–H and O–H groups in total. The second-order valence-corrected chi connectivity index (χ2v) is 7.40. The number of carbonyl (C=O) groups excluding carboxylic acids is 1. The number of thioether (sulfide) groups is 1. The van der Waals surface area contributed by atoms with Crippen molar-refractivity contribution in [2.24, 2.45) is 0 Å². The molecule has 0 aliphatic carbocycles. The largest absolute Gasteiger partial charge is 0.451 e. The summed E-state index contributed by atoms with van der Waals surface area (Å²) in [6.45, 7) is 0. The number of hydrogen-bond acceptors (Lipinski definition) is 6. The fourth-order valence-electron chi connectivity index (χ4n) is 2.65. The summed E-state index contributed by atoms with van der Waals surface area (Å²) in [5, 5.41) is 11.8. The first-order chi connectivity index (χ1) is 12.8. The fourth-order valence-corrected chi connectivity index (χ4v) is 4.11. The SMILES string of the molecule is O=C(Nc1nncs1)c1oc2ccccc2c1CSCc1ccccc1. The number of carbonyl (C=O) groups is 1. The molecule has 2 heterocycles. The van der Waals surface area contributed by atoms with Crippen LogP contribution in [0.1, 0.15) is 21.7 Å². The van der Waals surface area contributed by atoms with Crippen molar-refractivity contribution in [2.45, 2.75) is 11.5 Å². The molecule has 0 radical (unpaired) electrons. The Morgan fingerprint density at radius 2 is 1.88 bits per heavy atom. The molecule has 4 aromatic rings. The first-order valence-electron chi connectivity index (χ1n) is 8.01. The number of benzene rings is 2. The Hall–Kier alpha value is -2.64. The molecule has 2 aromatic heterocycles. The third-order valence-corrected chi connectivity index (χ3v) is 5.48. The summed E-state index contributed by atoms with van der Waals surface area (Å²) in [6.07, 6.45) is 0. The van der Waals surface area contributed by atoms with Crippen LogP contribution in [0.2, 0.25) is 0 Å². The Kier molecular flexibility index (Phi) is 4.99. The molecule has 0 atom stereocenters. The number of furan rings is 1. The Balaban J connectivity index is 1.58. The van der Waals surface area contributed by atoms with Crippen molar-refractivity contribution in [3.8, 4) is 0 Å². The van der Waals surface area contributed by atoms with E-state index in [9.17, 15) is 4.79 Å². The molecule has 5 nitrogen and oxygen atoms in total. The van der Waals surface area contributed by atoms with E-state index in [1.807, 2.05) is 42.5 Å². The number of aromatic nitrogens is 2. The monoisotopic (exact) mass is 381 g/mol. The molecule has 26 heavy (non-hydrogen) atoms. The van der Waals surface area contributed by atoms with Gasteiger partial charge < -0.3 is 4.42 Å². The summed E-state index contributed by atoms with van der Waals surface area (Å²) < 4.78 is 5.84. The number of para-hydroxylation sites is 1. The van der Waals surface area contributed by atoms with Gasteiger partial charge in [0.15, 0.2) is 5.76 Å². The van der Waals surface area contributed by atoms with Gasteiger partial charge in [-0.2, -0.15) is 11.8 Å². The van der Waals surface area contributed by atoms with Gasteiger partial charge in [-0.1, -0.05) is 59.9 Å². The normalized spacial score (nSPS) is 10.9. The Bertz CT molecular complexity index is 1010. The highest BCUT2D eigenvalue weighted by molar-refractivity contribution is 7.97. The molecule has 0 spiro atoms. The number of anilines is 1. The zero-order valence-electron chi connectivity index (χ0n) is 13.7. The fraction of sp³-hybridized carbons (Fsp3) is 0.105. The molecule has 130 valence electrons. The third-order valence-electron chi connectivity index (χ3n) is 3.84. The predicted molar refractivity (Wildman–Crippen MR) is 106 cm³/mol. The van der Waals surface area contributed by atoms with Gasteiger partial charge in [0.1, 0.15) is 11.1 Å². The zero-order valence-corrected chi connectivity index (χ0v) is 15.3. The molecule has 1 amide bonds. The van der Waals surface area contributed by atoms with Crippen molar-refractivity contribution in [1.29, 1.82) is 0 Å². The van der Waals surface area contributed by atoms with Gasteiger partial charge in [0.25, 0.3) is 5.91 Å².